The van der Waals surface area contributed by atoms with Crippen molar-refractivity contribution >= 4 is 6.21 Å². The van der Waals surface area contributed by atoms with Gasteiger partial charge in [0, 0.05) is 0 Å². The van der Waals surface area contributed by atoms with E-state index in [1.165, 1.54) is 0 Å². The Morgan fingerprint density at radius 2 is 2.75 bits per heavy atom. The van der Waals surface area contributed by atoms with Gasteiger partial charge < -0.3 is 9.57 Å². The summed E-state index contributed by atoms with van der Waals surface area (Å²) in [4.78, 5) is 4.67. The average molecular weight is 115 g/mol. The zero-order valence-electron chi connectivity index (χ0n) is 4.83. The molecular formula is C5H9NO2. The molecule has 1 unspecified atom stereocenters. The molecule has 3 heteroatoms. The Kier molecular flexibility index (Phi) is 1.86. The van der Waals surface area contributed by atoms with Crippen LogP contribution in [0.5, 0.6) is 0 Å². The first-order valence-corrected chi connectivity index (χ1v) is 2.70. The largest absolute Gasteiger partial charge is 0.396 e. The molecule has 0 spiro atoms. The van der Waals surface area contributed by atoms with Crippen LogP contribution >= 0.6 is 0 Å². The van der Waals surface area contributed by atoms with E-state index in [4.69, 9.17) is 4.74 Å². The van der Waals surface area contributed by atoms with Gasteiger partial charge in [-0.2, -0.15) is 0 Å². The van der Waals surface area contributed by atoms with Gasteiger partial charge in [-0.1, -0.05) is 5.16 Å². The van der Waals surface area contributed by atoms with Crippen LogP contribution in [-0.4, -0.2) is 25.5 Å². The molecule has 3 nitrogen and oxygen atoms in total. The molecule has 0 aliphatic carbocycles. The van der Waals surface area contributed by atoms with Crippen LogP contribution in [0.4, 0.5) is 0 Å². The van der Waals surface area contributed by atoms with Crippen molar-refractivity contribution in [3.05, 3.63) is 0 Å². The lowest BCUT2D eigenvalue weighted by atomic mass is 10.5. The van der Waals surface area contributed by atoms with E-state index in [1.807, 2.05) is 6.92 Å². The second kappa shape index (κ2) is 2.67. The Balaban J connectivity index is 1.96. The van der Waals surface area contributed by atoms with Crippen molar-refractivity contribution in [1.82, 2.24) is 0 Å². The summed E-state index contributed by atoms with van der Waals surface area (Å²) in [6.07, 6.45) is 1.91. The quantitative estimate of drug-likeness (QED) is 0.303. The third kappa shape index (κ3) is 1.93. The number of epoxide rings is 1. The number of oxime groups is 1. The van der Waals surface area contributed by atoms with Gasteiger partial charge >= 0.3 is 0 Å². The molecule has 0 amide bonds. The molecule has 0 bridgehead atoms. The smallest absolute Gasteiger partial charge is 0.119 e. The highest BCUT2D eigenvalue weighted by Crippen LogP contribution is 2.04. The fourth-order valence-corrected chi connectivity index (χ4v) is 0.327. The lowest BCUT2D eigenvalue weighted by Gasteiger charge is -1.86. The van der Waals surface area contributed by atoms with E-state index in [0.29, 0.717) is 6.61 Å². The van der Waals surface area contributed by atoms with E-state index in [0.717, 1.165) is 6.61 Å². The van der Waals surface area contributed by atoms with E-state index in [2.05, 4.69) is 9.99 Å². The maximum absolute atomic E-state index is 4.83. The maximum Gasteiger partial charge on any atom is 0.119 e. The molecule has 0 N–H and O–H groups in total. The van der Waals surface area contributed by atoms with Gasteiger partial charge in [0.15, 0.2) is 0 Å². The van der Waals surface area contributed by atoms with Crippen LogP contribution in [0.3, 0.4) is 0 Å². The third-order valence-electron chi connectivity index (χ3n) is 0.790. The van der Waals surface area contributed by atoms with E-state index in [9.17, 15) is 0 Å². The number of hydrogen-bond acceptors (Lipinski definition) is 3. The van der Waals surface area contributed by atoms with Gasteiger partial charge in [-0.3, -0.25) is 0 Å². The standard InChI is InChI=1S/C5H9NO2/c1-2-8-6-3-5-4-7-5/h3,5H,2,4H2,1H3/b6-3+. The highest BCUT2D eigenvalue weighted by Gasteiger charge is 2.19. The van der Waals surface area contributed by atoms with Crippen molar-refractivity contribution in [2.24, 2.45) is 5.16 Å². The SMILES string of the molecule is CCO/N=C/C1CO1. The highest BCUT2D eigenvalue weighted by molar-refractivity contribution is 5.64. The second-order valence-corrected chi connectivity index (χ2v) is 1.54. The molecule has 1 aliphatic heterocycles. The monoisotopic (exact) mass is 115 g/mol. The van der Waals surface area contributed by atoms with Crippen molar-refractivity contribution < 1.29 is 9.57 Å². The molecule has 1 atom stereocenters. The van der Waals surface area contributed by atoms with Gasteiger partial charge in [-0.25, -0.2) is 0 Å². The summed E-state index contributed by atoms with van der Waals surface area (Å²) in [7, 11) is 0. The molecule has 8 heavy (non-hydrogen) atoms. The Morgan fingerprint density at radius 1 is 2.00 bits per heavy atom. The highest BCUT2D eigenvalue weighted by atomic mass is 16.6. The number of hydrogen-bond donors (Lipinski definition) is 0. The Hall–Kier alpha value is -0.570. The van der Waals surface area contributed by atoms with E-state index < -0.39 is 0 Å². The maximum atomic E-state index is 4.83. The van der Waals surface area contributed by atoms with Crippen LogP contribution in [0.25, 0.3) is 0 Å². The minimum atomic E-state index is 0.238. The fourth-order valence-electron chi connectivity index (χ4n) is 0.327. The Morgan fingerprint density at radius 3 is 3.25 bits per heavy atom. The fraction of sp³-hybridized carbons (Fsp3) is 0.800. The summed E-state index contributed by atoms with van der Waals surface area (Å²) in [5.41, 5.74) is 0. The topological polar surface area (TPSA) is 34.1 Å². The van der Waals surface area contributed by atoms with E-state index in [-0.39, 0.29) is 6.10 Å². The van der Waals surface area contributed by atoms with Gasteiger partial charge in [0.2, 0.25) is 0 Å². The van der Waals surface area contributed by atoms with E-state index in [1.54, 1.807) is 6.21 Å². The van der Waals surface area contributed by atoms with Crippen molar-refractivity contribution in [2.45, 2.75) is 13.0 Å². The van der Waals surface area contributed by atoms with Crippen LogP contribution in [0.1, 0.15) is 6.92 Å². The third-order valence-corrected chi connectivity index (χ3v) is 0.790. The molecule has 0 aromatic rings. The van der Waals surface area contributed by atoms with Crippen molar-refractivity contribution in [2.75, 3.05) is 13.2 Å². The summed E-state index contributed by atoms with van der Waals surface area (Å²) in [5.74, 6) is 0. The van der Waals surface area contributed by atoms with Crippen molar-refractivity contribution in [3.8, 4) is 0 Å². The lowest BCUT2D eigenvalue weighted by Crippen LogP contribution is -1.86. The van der Waals surface area contributed by atoms with Gasteiger partial charge in [0.25, 0.3) is 0 Å². The van der Waals surface area contributed by atoms with Gasteiger partial charge in [0.1, 0.15) is 12.7 Å². The molecule has 1 fully saturated rings. The summed E-state index contributed by atoms with van der Waals surface area (Å²) in [6.45, 7) is 3.32. The average Bonchev–Trinajstić information content (AvgIpc) is 2.51. The second-order valence-electron chi connectivity index (χ2n) is 1.54. The minimum Gasteiger partial charge on any atom is -0.396 e. The van der Waals surface area contributed by atoms with Crippen molar-refractivity contribution in [1.29, 1.82) is 0 Å². The molecule has 1 aliphatic rings. The summed E-state index contributed by atoms with van der Waals surface area (Å²) in [5, 5.41) is 3.60. The molecule has 1 rings (SSSR count). The summed E-state index contributed by atoms with van der Waals surface area (Å²) in [6, 6.07) is 0. The first-order valence-electron chi connectivity index (χ1n) is 2.70. The normalized spacial score (nSPS) is 26.4. The lowest BCUT2D eigenvalue weighted by molar-refractivity contribution is 0.159. The van der Waals surface area contributed by atoms with Crippen LogP contribution in [-0.2, 0) is 9.57 Å². The van der Waals surface area contributed by atoms with Gasteiger partial charge in [0.05, 0.1) is 12.8 Å². The summed E-state index contributed by atoms with van der Waals surface area (Å²) >= 11 is 0. The molecule has 0 saturated carbocycles. The predicted molar refractivity (Wildman–Crippen MR) is 29.9 cm³/mol. The van der Waals surface area contributed by atoms with Gasteiger partial charge in [-0.05, 0) is 6.92 Å². The molecule has 0 aromatic carbocycles. The first-order chi connectivity index (χ1) is 3.93. The van der Waals surface area contributed by atoms with Crippen LogP contribution in [0.2, 0.25) is 0 Å². The number of rotatable bonds is 3. The van der Waals surface area contributed by atoms with Crippen molar-refractivity contribution in [3.63, 3.8) is 0 Å². The van der Waals surface area contributed by atoms with E-state index >= 15 is 0 Å². The van der Waals surface area contributed by atoms with Crippen LogP contribution in [0.15, 0.2) is 5.16 Å². The summed E-state index contributed by atoms with van der Waals surface area (Å²) < 4.78 is 4.83. The zero-order valence-corrected chi connectivity index (χ0v) is 4.83. The van der Waals surface area contributed by atoms with Gasteiger partial charge in [-0.15, -0.1) is 0 Å². The molecule has 1 heterocycles. The Bertz CT molecular complexity index is 88.4. The van der Waals surface area contributed by atoms with Crippen LogP contribution < -0.4 is 0 Å². The zero-order chi connectivity index (χ0) is 5.82. The molecular weight excluding hydrogens is 106 g/mol. The predicted octanol–water partition coefficient (Wildman–Crippen LogP) is 0.407. The minimum absolute atomic E-state index is 0.238. The Labute approximate surface area is 48.3 Å². The molecule has 46 valence electrons. The molecule has 0 aromatic heterocycles. The van der Waals surface area contributed by atoms with Crippen LogP contribution in [0, 0.1) is 0 Å². The number of nitrogens with zero attached hydrogens (tertiary/aromatic N) is 1. The number of ether oxygens (including phenoxy) is 1. The first kappa shape index (κ1) is 5.56. The molecule has 1 saturated heterocycles. The molecule has 0 radical (unpaired) electrons.